The summed E-state index contributed by atoms with van der Waals surface area (Å²) in [6, 6.07) is 12.3. The van der Waals surface area contributed by atoms with Gasteiger partial charge in [0.05, 0.1) is 48.4 Å². The molecule has 0 bridgehead atoms. The zero-order valence-corrected chi connectivity index (χ0v) is 19.0. The van der Waals surface area contributed by atoms with Gasteiger partial charge in [0.15, 0.2) is 5.16 Å². The second-order valence-corrected chi connectivity index (χ2v) is 8.07. The van der Waals surface area contributed by atoms with Crippen LogP contribution in [0.25, 0.3) is 10.9 Å². The Bertz CT molecular complexity index is 1430. The van der Waals surface area contributed by atoms with E-state index in [4.69, 9.17) is 13.9 Å². The first-order chi connectivity index (χ1) is 16.4. The number of methoxy groups -OCH3 is 2. The van der Waals surface area contributed by atoms with Crippen LogP contribution in [0.5, 0.6) is 5.75 Å². The Morgan fingerprint density at radius 1 is 1.21 bits per heavy atom. The van der Waals surface area contributed by atoms with Gasteiger partial charge in [-0.3, -0.25) is 19.5 Å². The molecular formula is C23H19N3O7S. The molecule has 10 nitrogen and oxygen atoms in total. The number of nitro groups is 1. The Morgan fingerprint density at radius 2 is 2.03 bits per heavy atom. The molecule has 2 aromatic carbocycles. The summed E-state index contributed by atoms with van der Waals surface area (Å²) in [7, 11) is 2.75. The molecule has 174 valence electrons. The van der Waals surface area contributed by atoms with E-state index in [-0.39, 0.29) is 29.1 Å². The number of carbonyl (C=O) groups is 1. The van der Waals surface area contributed by atoms with Crippen molar-refractivity contribution in [3.8, 4) is 5.75 Å². The Kier molecular flexibility index (Phi) is 6.64. The number of hydrogen-bond donors (Lipinski definition) is 0. The van der Waals surface area contributed by atoms with E-state index < -0.39 is 10.9 Å². The van der Waals surface area contributed by atoms with Gasteiger partial charge in [0.1, 0.15) is 11.5 Å². The molecule has 0 aliphatic carbocycles. The lowest BCUT2D eigenvalue weighted by Crippen LogP contribution is -2.24. The third kappa shape index (κ3) is 4.64. The van der Waals surface area contributed by atoms with Crippen LogP contribution in [0, 0.1) is 10.1 Å². The molecule has 2 aromatic heterocycles. The number of hydrogen-bond acceptors (Lipinski definition) is 9. The fourth-order valence-corrected chi connectivity index (χ4v) is 4.36. The fourth-order valence-electron chi connectivity index (χ4n) is 3.39. The molecule has 0 saturated carbocycles. The molecule has 4 rings (SSSR count). The van der Waals surface area contributed by atoms with Gasteiger partial charge in [-0.05, 0) is 36.4 Å². The predicted molar refractivity (Wildman–Crippen MR) is 124 cm³/mol. The Hall–Kier alpha value is -4.12. The zero-order chi connectivity index (χ0) is 24.2. The number of nitrogens with zero attached hydrogens (tertiary/aromatic N) is 3. The van der Waals surface area contributed by atoms with Crippen LogP contribution in [0.4, 0.5) is 5.69 Å². The predicted octanol–water partition coefficient (Wildman–Crippen LogP) is 4.03. The number of carbonyl (C=O) groups excluding carboxylic acids is 1. The monoisotopic (exact) mass is 481 g/mol. The molecule has 0 atom stereocenters. The van der Waals surface area contributed by atoms with Crippen molar-refractivity contribution in [1.82, 2.24) is 9.55 Å². The summed E-state index contributed by atoms with van der Waals surface area (Å²) in [5.74, 6) is 0.743. The molecule has 34 heavy (non-hydrogen) atoms. The molecule has 2 heterocycles. The molecule has 0 amide bonds. The summed E-state index contributed by atoms with van der Waals surface area (Å²) in [6.45, 7) is 0.141. The van der Waals surface area contributed by atoms with Gasteiger partial charge in [-0.15, -0.1) is 0 Å². The van der Waals surface area contributed by atoms with Crippen molar-refractivity contribution in [2.24, 2.45) is 0 Å². The van der Waals surface area contributed by atoms with Gasteiger partial charge in [-0.1, -0.05) is 11.8 Å². The average molecular weight is 481 g/mol. The van der Waals surface area contributed by atoms with Crippen LogP contribution in [-0.2, 0) is 17.0 Å². The molecule has 0 aliphatic rings. The van der Waals surface area contributed by atoms with E-state index in [1.807, 2.05) is 0 Å². The zero-order valence-electron chi connectivity index (χ0n) is 18.2. The van der Waals surface area contributed by atoms with Crippen LogP contribution in [0.15, 0.2) is 69.2 Å². The minimum atomic E-state index is -0.543. The quantitative estimate of drug-likeness (QED) is 0.120. The number of fused-ring (bicyclic) bond motifs is 1. The second-order valence-electron chi connectivity index (χ2n) is 7.13. The number of furan rings is 1. The van der Waals surface area contributed by atoms with E-state index in [0.29, 0.717) is 33.1 Å². The Balaban J connectivity index is 1.79. The molecule has 0 radical (unpaired) electrons. The average Bonchev–Trinajstić information content (AvgIpc) is 3.36. The molecule has 0 aliphatic heterocycles. The minimum absolute atomic E-state index is 0.0708. The maximum Gasteiger partial charge on any atom is 0.337 e. The lowest BCUT2D eigenvalue weighted by molar-refractivity contribution is -0.384. The van der Waals surface area contributed by atoms with Crippen molar-refractivity contribution in [3.63, 3.8) is 0 Å². The first kappa shape index (κ1) is 23.1. The summed E-state index contributed by atoms with van der Waals surface area (Å²) < 4.78 is 17.0. The molecule has 0 fully saturated rings. The second kappa shape index (κ2) is 9.79. The van der Waals surface area contributed by atoms with E-state index in [0.717, 1.165) is 0 Å². The van der Waals surface area contributed by atoms with Gasteiger partial charge in [0.2, 0.25) is 0 Å². The molecule has 4 aromatic rings. The number of ether oxygens (including phenoxy) is 2. The number of non-ortho nitro benzene ring substituents is 1. The number of benzene rings is 2. The molecule has 11 heteroatoms. The summed E-state index contributed by atoms with van der Waals surface area (Å²) >= 11 is 1.21. The highest BCUT2D eigenvalue weighted by Crippen LogP contribution is 2.30. The van der Waals surface area contributed by atoms with Crippen molar-refractivity contribution in [2.75, 3.05) is 14.2 Å². The van der Waals surface area contributed by atoms with Crippen LogP contribution in [0.1, 0.15) is 21.7 Å². The van der Waals surface area contributed by atoms with E-state index in [1.165, 1.54) is 73.2 Å². The van der Waals surface area contributed by atoms with Gasteiger partial charge in [0.25, 0.3) is 11.2 Å². The van der Waals surface area contributed by atoms with Crippen LogP contribution < -0.4 is 10.3 Å². The van der Waals surface area contributed by atoms with E-state index in [9.17, 15) is 19.7 Å². The molecule has 0 saturated heterocycles. The van der Waals surface area contributed by atoms with Crippen LogP contribution in [0.3, 0.4) is 0 Å². The normalized spacial score (nSPS) is 10.9. The highest BCUT2D eigenvalue weighted by Gasteiger charge is 2.17. The summed E-state index contributed by atoms with van der Waals surface area (Å²) in [6.07, 6.45) is 1.51. The van der Waals surface area contributed by atoms with E-state index >= 15 is 0 Å². The Labute approximate surface area is 197 Å². The smallest absolute Gasteiger partial charge is 0.337 e. The van der Waals surface area contributed by atoms with E-state index in [2.05, 4.69) is 4.98 Å². The molecular weight excluding hydrogens is 462 g/mol. The SMILES string of the molecule is COC(=O)c1ccc2c(=O)n(Cc3ccco3)c(SCc3cc([N+](=O)[O-])ccc3OC)nc2c1. The molecule has 0 spiro atoms. The minimum Gasteiger partial charge on any atom is -0.496 e. The highest BCUT2D eigenvalue weighted by molar-refractivity contribution is 7.98. The van der Waals surface area contributed by atoms with Crippen LogP contribution in [0.2, 0.25) is 0 Å². The van der Waals surface area contributed by atoms with Crippen molar-refractivity contribution >= 4 is 34.3 Å². The largest absolute Gasteiger partial charge is 0.496 e. The number of rotatable bonds is 8. The first-order valence-electron chi connectivity index (χ1n) is 10.0. The van der Waals surface area contributed by atoms with Crippen molar-refractivity contribution in [2.45, 2.75) is 17.5 Å². The van der Waals surface area contributed by atoms with Crippen LogP contribution in [-0.4, -0.2) is 34.7 Å². The standard InChI is InChI=1S/C23H19N3O7S/c1-31-20-8-6-16(26(29)30)10-15(20)13-34-23-24-19-11-14(22(28)32-2)5-7-18(19)21(27)25(23)12-17-4-3-9-33-17/h3-11H,12-13H2,1-2H3. The number of thioether (sulfide) groups is 1. The van der Waals surface area contributed by atoms with Crippen LogP contribution >= 0.6 is 11.8 Å². The van der Waals surface area contributed by atoms with Gasteiger partial charge in [-0.2, -0.15) is 0 Å². The number of esters is 1. The lowest BCUT2D eigenvalue weighted by atomic mass is 10.1. The van der Waals surface area contributed by atoms with Crippen molar-refractivity contribution < 1.29 is 23.6 Å². The summed E-state index contributed by atoms with van der Waals surface area (Å²) in [5.41, 5.74) is 0.785. The maximum atomic E-state index is 13.3. The molecule has 0 unspecified atom stereocenters. The van der Waals surface area contributed by atoms with Crippen molar-refractivity contribution in [3.05, 3.63) is 92.1 Å². The first-order valence-corrected chi connectivity index (χ1v) is 11.0. The topological polar surface area (TPSA) is 127 Å². The number of aromatic nitrogens is 2. The fraction of sp³-hybridized carbons (Fsp3) is 0.174. The van der Waals surface area contributed by atoms with Gasteiger partial charge in [0, 0.05) is 23.4 Å². The third-order valence-electron chi connectivity index (χ3n) is 5.07. The van der Waals surface area contributed by atoms with Gasteiger partial charge >= 0.3 is 5.97 Å². The Morgan fingerprint density at radius 3 is 2.71 bits per heavy atom. The van der Waals surface area contributed by atoms with Gasteiger partial charge in [-0.25, -0.2) is 9.78 Å². The summed E-state index contributed by atoms with van der Waals surface area (Å²) in [5, 5.41) is 11.9. The van der Waals surface area contributed by atoms with E-state index in [1.54, 1.807) is 12.1 Å². The van der Waals surface area contributed by atoms with Gasteiger partial charge < -0.3 is 13.9 Å². The third-order valence-corrected chi connectivity index (χ3v) is 6.09. The maximum absolute atomic E-state index is 13.3. The van der Waals surface area contributed by atoms with Crippen molar-refractivity contribution in [1.29, 1.82) is 0 Å². The summed E-state index contributed by atoms with van der Waals surface area (Å²) in [4.78, 5) is 40.7. The lowest BCUT2D eigenvalue weighted by Gasteiger charge is -2.13. The number of nitro benzene ring substituents is 1. The highest BCUT2D eigenvalue weighted by atomic mass is 32.2. The molecule has 0 N–H and O–H groups in total.